The first-order chi connectivity index (χ1) is 10.5. The van der Waals surface area contributed by atoms with Crippen molar-refractivity contribution in [2.75, 3.05) is 18.5 Å². The van der Waals surface area contributed by atoms with E-state index in [0.717, 1.165) is 5.75 Å². The molecule has 0 radical (unpaired) electrons. The Labute approximate surface area is 129 Å². The molecule has 2 rings (SSSR count). The fourth-order valence-electron chi connectivity index (χ4n) is 1.90. The Hall–Kier alpha value is -2.47. The van der Waals surface area contributed by atoms with Crippen LogP contribution in [-0.4, -0.2) is 24.3 Å². The van der Waals surface area contributed by atoms with Gasteiger partial charge in [-0.2, -0.15) is 0 Å². The summed E-state index contributed by atoms with van der Waals surface area (Å²) in [6.45, 7) is 4.10. The maximum absolute atomic E-state index is 11.8. The van der Waals surface area contributed by atoms with Crippen LogP contribution in [0.15, 0.2) is 47.1 Å². The van der Waals surface area contributed by atoms with Gasteiger partial charge in [-0.25, -0.2) is 4.79 Å². The van der Waals surface area contributed by atoms with Crippen molar-refractivity contribution in [2.24, 2.45) is 0 Å². The van der Waals surface area contributed by atoms with Crippen molar-refractivity contribution in [1.82, 2.24) is 5.32 Å². The molecule has 0 aliphatic carbocycles. The third-order valence-electron chi connectivity index (χ3n) is 3.07. The number of hydrogen-bond acceptors (Lipinski definition) is 4. The van der Waals surface area contributed by atoms with Crippen LogP contribution in [0.4, 0.5) is 10.5 Å². The normalized spacial score (nSPS) is 13.2. The third kappa shape index (κ3) is 4.26. The zero-order chi connectivity index (χ0) is 16.0. The lowest BCUT2D eigenvalue weighted by Crippen LogP contribution is -2.40. The van der Waals surface area contributed by atoms with Crippen LogP contribution in [0.2, 0.25) is 0 Å². The molecule has 118 valence electrons. The van der Waals surface area contributed by atoms with Gasteiger partial charge >= 0.3 is 6.03 Å². The summed E-state index contributed by atoms with van der Waals surface area (Å²) in [5.41, 5.74) is -0.627. The summed E-state index contributed by atoms with van der Waals surface area (Å²) in [5.74, 6) is 1.14. The molecule has 0 saturated heterocycles. The van der Waals surface area contributed by atoms with Gasteiger partial charge in [0.1, 0.15) is 17.1 Å². The van der Waals surface area contributed by atoms with Gasteiger partial charge in [0.15, 0.2) is 0 Å². The average molecular weight is 304 g/mol. The van der Waals surface area contributed by atoms with Crippen molar-refractivity contribution >= 4 is 11.7 Å². The summed E-state index contributed by atoms with van der Waals surface area (Å²) < 4.78 is 10.5. The highest BCUT2D eigenvalue weighted by Crippen LogP contribution is 2.20. The minimum absolute atomic E-state index is 0.0311. The SMILES string of the molecule is CCOc1ccc(NC(=O)NCC(C)(O)c2ccco2)cc1. The maximum Gasteiger partial charge on any atom is 0.319 e. The van der Waals surface area contributed by atoms with Crippen molar-refractivity contribution in [2.45, 2.75) is 19.4 Å². The molecule has 1 atom stereocenters. The smallest absolute Gasteiger partial charge is 0.319 e. The molecular formula is C16H20N2O4. The molecule has 1 aromatic carbocycles. The number of hydrogen-bond donors (Lipinski definition) is 3. The Morgan fingerprint density at radius 2 is 2.05 bits per heavy atom. The second-order valence-electron chi connectivity index (χ2n) is 5.02. The van der Waals surface area contributed by atoms with Crippen LogP contribution in [0.1, 0.15) is 19.6 Å². The number of amides is 2. The molecule has 3 N–H and O–H groups in total. The summed E-state index contributed by atoms with van der Waals surface area (Å²) in [4.78, 5) is 11.8. The van der Waals surface area contributed by atoms with E-state index < -0.39 is 11.6 Å². The quantitative estimate of drug-likeness (QED) is 0.766. The van der Waals surface area contributed by atoms with E-state index in [2.05, 4.69) is 10.6 Å². The van der Waals surface area contributed by atoms with Crippen LogP contribution >= 0.6 is 0 Å². The molecule has 2 aromatic rings. The van der Waals surface area contributed by atoms with E-state index in [-0.39, 0.29) is 6.54 Å². The number of urea groups is 1. The van der Waals surface area contributed by atoms with Crippen molar-refractivity contribution in [3.63, 3.8) is 0 Å². The van der Waals surface area contributed by atoms with Crippen molar-refractivity contribution in [3.05, 3.63) is 48.4 Å². The first kappa shape index (κ1) is 15.9. The lowest BCUT2D eigenvalue weighted by molar-refractivity contribution is 0.0372. The molecule has 6 heteroatoms. The van der Waals surface area contributed by atoms with Crippen molar-refractivity contribution in [1.29, 1.82) is 0 Å². The summed E-state index contributed by atoms with van der Waals surface area (Å²) in [6, 6.07) is 9.98. The van der Waals surface area contributed by atoms with E-state index in [9.17, 15) is 9.90 Å². The van der Waals surface area contributed by atoms with E-state index in [4.69, 9.17) is 9.15 Å². The summed E-state index contributed by atoms with van der Waals surface area (Å²) in [7, 11) is 0. The second kappa shape index (κ2) is 7.00. The topological polar surface area (TPSA) is 83.7 Å². The fourth-order valence-corrected chi connectivity index (χ4v) is 1.90. The van der Waals surface area contributed by atoms with Gasteiger partial charge in [-0.3, -0.25) is 0 Å². The molecule has 0 bridgehead atoms. The highest BCUT2D eigenvalue weighted by Gasteiger charge is 2.26. The van der Waals surface area contributed by atoms with Gasteiger partial charge in [-0.05, 0) is 50.2 Å². The Balaban J connectivity index is 1.85. The Morgan fingerprint density at radius 3 is 2.64 bits per heavy atom. The number of carbonyl (C=O) groups excluding carboxylic acids is 1. The van der Waals surface area contributed by atoms with E-state index in [1.54, 1.807) is 43.3 Å². The van der Waals surface area contributed by atoms with Gasteiger partial charge in [0, 0.05) is 5.69 Å². The first-order valence-electron chi connectivity index (χ1n) is 7.05. The number of aliphatic hydroxyl groups is 1. The maximum atomic E-state index is 11.8. The van der Waals surface area contributed by atoms with Crippen LogP contribution in [0.25, 0.3) is 0 Å². The number of nitrogens with one attached hydrogen (secondary N) is 2. The molecule has 6 nitrogen and oxygen atoms in total. The minimum atomic E-state index is -1.26. The van der Waals surface area contributed by atoms with Crippen molar-refractivity contribution < 1.29 is 19.1 Å². The van der Waals surface area contributed by atoms with Crippen LogP contribution in [0.5, 0.6) is 5.75 Å². The van der Waals surface area contributed by atoms with Crippen LogP contribution in [0, 0.1) is 0 Å². The van der Waals surface area contributed by atoms with E-state index in [1.807, 2.05) is 6.92 Å². The largest absolute Gasteiger partial charge is 0.494 e. The van der Waals surface area contributed by atoms with E-state index >= 15 is 0 Å². The van der Waals surface area contributed by atoms with E-state index in [0.29, 0.717) is 18.1 Å². The molecule has 0 fully saturated rings. The summed E-state index contributed by atoms with van der Waals surface area (Å²) in [5, 5.41) is 15.5. The summed E-state index contributed by atoms with van der Waals surface area (Å²) >= 11 is 0. The highest BCUT2D eigenvalue weighted by atomic mass is 16.5. The number of rotatable bonds is 6. The number of benzene rings is 1. The molecule has 0 aliphatic rings. The molecule has 1 heterocycles. The monoisotopic (exact) mass is 304 g/mol. The molecule has 0 aliphatic heterocycles. The number of ether oxygens (including phenoxy) is 1. The summed E-state index contributed by atoms with van der Waals surface area (Å²) in [6.07, 6.45) is 1.48. The number of anilines is 1. The van der Waals surface area contributed by atoms with Crippen LogP contribution in [-0.2, 0) is 5.60 Å². The zero-order valence-corrected chi connectivity index (χ0v) is 12.6. The van der Waals surface area contributed by atoms with E-state index in [1.165, 1.54) is 6.26 Å². The Morgan fingerprint density at radius 1 is 1.32 bits per heavy atom. The standard InChI is InChI=1S/C16H20N2O4/c1-3-21-13-8-6-12(7-9-13)18-15(19)17-11-16(2,20)14-5-4-10-22-14/h4-10,20H,3,11H2,1-2H3,(H2,17,18,19). The van der Waals surface area contributed by atoms with Crippen molar-refractivity contribution in [3.8, 4) is 5.75 Å². The highest BCUT2D eigenvalue weighted by molar-refractivity contribution is 5.89. The van der Waals surface area contributed by atoms with Crippen LogP contribution in [0.3, 0.4) is 0 Å². The third-order valence-corrected chi connectivity index (χ3v) is 3.07. The minimum Gasteiger partial charge on any atom is -0.494 e. The van der Waals surface area contributed by atoms with Gasteiger partial charge in [-0.15, -0.1) is 0 Å². The molecular weight excluding hydrogens is 284 g/mol. The van der Waals surface area contributed by atoms with Gasteiger partial charge in [0.2, 0.25) is 0 Å². The molecule has 2 amide bonds. The lowest BCUT2D eigenvalue weighted by atomic mass is 10.0. The Bertz CT molecular complexity index is 591. The predicted molar refractivity (Wildman–Crippen MR) is 82.9 cm³/mol. The van der Waals surface area contributed by atoms with Gasteiger partial charge < -0.3 is 24.9 Å². The molecule has 0 spiro atoms. The first-order valence-corrected chi connectivity index (χ1v) is 7.05. The average Bonchev–Trinajstić information content (AvgIpc) is 3.03. The fraction of sp³-hybridized carbons (Fsp3) is 0.312. The number of carbonyl (C=O) groups is 1. The van der Waals surface area contributed by atoms with Gasteiger partial charge in [0.25, 0.3) is 0 Å². The molecule has 22 heavy (non-hydrogen) atoms. The van der Waals surface area contributed by atoms with Gasteiger partial charge in [0.05, 0.1) is 19.4 Å². The molecule has 0 saturated carbocycles. The van der Waals surface area contributed by atoms with Crippen LogP contribution < -0.4 is 15.4 Å². The molecule has 1 aromatic heterocycles. The second-order valence-corrected chi connectivity index (χ2v) is 5.02. The lowest BCUT2D eigenvalue weighted by Gasteiger charge is -2.21. The van der Waals surface area contributed by atoms with Gasteiger partial charge in [-0.1, -0.05) is 0 Å². The zero-order valence-electron chi connectivity index (χ0n) is 12.6. The predicted octanol–water partition coefficient (Wildman–Crippen LogP) is 2.71. The number of furan rings is 1. The Kier molecular flexibility index (Phi) is 5.06. The molecule has 1 unspecified atom stereocenters.